The molecule has 0 saturated heterocycles. The lowest BCUT2D eigenvalue weighted by Gasteiger charge is -2.20. The normalized spacial score (nSPS) is 14.3. The highest BCUT2D eigenvalue weighted by Crippen LogP contribution is 2.08. The van der Waals surface area contributed by atoms with E-state index in [1.54, 1.807) is 0 Å². The summed E-state index contributed by atoms with van der Waals surface area (Å²) in [6.45, 7) is 14.0. The van der Waals surface area contributed by atoms with Gasteiger partial charge in [-0.1, -0.05) is 52.2 Å². The highest BCUT2D eigenvalue weighted by atomic mass is 14.9. The zero-order valence-electron chi connectivity index (χ0n) is 9.01. The molecule has 0 aromatic heterocycles. The van der Waals surface area contributed by atoms with Crippen molar-refractivity contribution in [2.24, 2.45) is 0 Å². The summed E-state index contributed by atoms with van der Waals surface area (Å²) in [5.41, 5.74) is 1.21. The number of hydrogen-bond acceptors (Lipinski definition) is 1. The van der Waals surface area contributed by atoms with E-state index in [1.165, 1.54) is 5.57 Å². The van der Waals surface area contributed by atoms with Crippen LogP contribution in [0.2, 0.25) is 0 Å². The minimum atomic E-state index is 0.399. The van der Waals surface area contributed by atoms with E-state index in [9.17, 15) is 0 Å². The van der Waals surface area contributed by atoms with Gasteiger partial charge < -0.3 is 5.32 Å². The third-order valence-electron chi connectivity index (χ3n) is 1.89. The van der Waals surface area contributed by atoms with E-state index in [0.29, 0.717) is 12.1 Å². The van der Waals surface area contributed by atoms with Crippen molar-refractivity contribution in [3.8, 4) is 0 Å². The summed E-state index contributed by atoms with van der Waals surface area (Å²) in [4.78, 5) is 0. The molecule has 1 nitrogen and oxygen atoms in total. The molecule has 13 heavy (non-hydrogen) atoms. The first-order chi connectivity index (χ1) is 6.15. The van der Waals surface area contributed by atoms with Crippen LogP contribution in [-0.4, -0.2) is 12.1 Å². The standard InChI is InChI=1S/C12H21N/c1-6-9-11(7-2)12(8-3)13-10(4)5/h6-7,9-10,12-13H,1-2,8H2,3-5H3/b11-9+. The third-order valence-corrected chi connectivity index (χ3v) is 1.89. The Hall–Kier alpha value is -0.820. The summed E-state index contributed by atoms with van der Waals surface area (Å²) in [5.74, 6) is 0. The van der Waals surface area contributed by atoms with Crippen LogP contribution < -0.4 is 5.32 Å². The summed E-state index contributed by atoms with van der Waals surface area (Å²) < 4.78 is 0. The Labute approximate surface area is 82.2 Å². The molecule has 74 valence electrons. The maximum absolute atomic E-state index is 3.80. The van der Waals surface area contributed by atoms with E-state index >= 15 is 0 Å². The van der Waals surface area contributed by atoms with Crippen molar-refractivity contribution in [3.05, 3.63) is 37.0 Å². The molecule has 0 aliphatic heterocycles. The second-order valence-electron chi connectivity index (χ2n) is 3.39. The molecular formula is C12H21N. The smallest absolute Gasteiger partial charge is 0.0319 e. The second kappa shape index (κ2) is 6.67. The quantitative estimate of drug-likeness (QED) is 0.618. The highest BCUT2D eigenvalue weighted by Gasteiger charge is 2.09. The van der Waals surface area contributed by atoms with Crippen molar-refractivity contribution in [3.63, 3.8) is 0 Å². The molecule has 1 heteroatoms. The van der Waals surface area contributed by atoms with Gasteiger partial charge in [0.25, 0.3) is 0 Å². The Balaban J connectivity index is 4.42. The predicted molar refractivity (Wildman–Crippen MR) is 60.8 cm³/mol. The first-order valence-corrected chi connectivity index (χ1v) is 4.86. The molecule has 0 radical (unpaired) electrons. The van der Waals surface area contributed by atoms with Gasteiger partial charge in [-0.05, 0) is 12.0 Å². The van der Waals surface area contributed by atoms with Crippen LogP contribution in [0.5, 0.6) is 0 Å². The molecule has 1 atom stereocenters. The topological polar surface area (TPSA) is 12.0 Å². The maximum Gasteiger partial charge on any atom is 0.0319 e. The fourth-order valence-corrected chi connectivity index (χ4v) is 1.31. The number of rotatable bonds is 6. The first kappa shape index (κ1) is 12.2. The number of allylic oxidation sites excluding steroid dienone is 2. The van der Waals surface area contributed by atoms with E-state index in [4.69, 9.17) is 0 Å². The summed E-state index contributed by atoms with van der Waals surface area (Å²) in [6, 6.07) is 0.897. The molecule has 0 aromatic carbocycles. The van der Waals surface area contributed by atoms with Crippen molar-refractivity contribution < 1.29 is 0 Å². The summed E-state index contributed by atoms with van der Waals surface area (Å²) >= 11 is 0. The second-order valence-corrected chi connectivity index (χ2v) is 3.39. The Morgan fingerprint density at radius 2 is 2.00 bits per heavy atom. The van der Waals surface area contributed by atoms with E-state index in [1.807, 2.05) is 18.2 Å². The summed E-state index contributed by atoms with van der Waals surface area (Å²) in [6.07, 6.45) is 6.79. The number of nitrogens with one attached hydrogen (secondary N) is 1. The molecule has 0 aromatic rings. The molecular weight excluding hydrogens is 158 g/mol. The van der Waals surface area contributed by atoms with E-state index in [-0.39, 0.29) is 0 Å². The van der Waals surface area contributed by atoms with Crippen molar-refractivity contribution in [1.29, 1.82) is 0 Å². The highest BCUT2D eigenvalue weighted by molar-refractivity contribution is 5.26. The molecule has 0 bridgehead atoms. The SMILES string of the molecule is C=C/C=C(\C=C)C(CC)NC(C)C. The van der Waals surface area contributed by atoms with Crippen molar-refractivity contribution in [1.82, 2.24) is 5.32 Å². The minimum absolute atomic E-state index is 0.399. The molecule has 0 saturated carbocycles. The van der Waals surface area contributed by atoms with Gasteiger partial charge in [0.1, 0.15) is 0 Å². The Kier molecular flexibility index (Phi) is 6.25. The molecule has 0 aliphatic carbocycles. The van der Waals surface area contributed by atoms with Crippen LogP contribution in [0.4, 0.5) is 0 Å². The predicted octanol–water partition coefficient (Wildman–Crippen LogP) is 3.06. The average Bonchev–Trinajstić information content (AvgIpc) is 2.10. The Morgan fingerprint density at radius 1 is 1.38 bits per heavy atom. The van der Waals surface area contributed by atoms with Gasteiger partial charge >= 0.3 is 0 Å². The zero-order valence-corrected chi connectivity index (χ0v) is 9.01. The zero-order chi connectivity index (χ0) is 10.3. The lowest BCUT2D eigenvalue weighted by atomic mass is 10.0. The third kappa shape index (κ3) is 4.69. The Morgan fingerprint density at radius 3 is 2.31 bits per heavy atom. The summed E-state index contributed by atoms with van der Waals surface area (Å²) in [7, 11) is 0. The van der Waals surface area contributed by atoms with Crippen LogP contribution in [0.15, 0.2) is 37.0 Å². The minimum Gasteiger partial charge on any atom is -0.308 e. The van der Waals surface area contributed by atoms with E-state index < -0.39 is 0 Å². The van der Waals surface area contributed by atoms with E-state index in [2.05, 4.69) is 39.2 Å². The Bertz CT molecular complexity index is 189. The monoisotopic (exact) mass is 179 g/mol. The van der Waals surface area contributed by atoms with Gasteiger partial charge in [0.2, 0.25) is 0 Å². The van der Waals surface area contributed by atoms with Gasteiger partial charge in [-0.25, -0.2) is 0 Å². The first-order valence-electron chi connectivity index (χ1n) is 4.86. The lowest BCUT2D eigenvalue weighted by molar-refractivity contribution is 0.501. The fraction of sp³-hybridized carbons (Fsp3) is 0.500. The largest absolute Gasteiger partial charge is 0.308 e. The van der Waals surface area contributed by atoms with Gasteiger partial charge in [-0.3, -0.25) is 0 Å². The molecule has 0 amide bonds. The maximum atomic E-state index is 3.80. The lowest BCUT2D eigenvalue weighted by Crippen LogP contribution is -2.35. The van der Waals surface area contributed by atoms with Crippen LogP contribution in [0, 0.1) is 0 Å². The molecule has 0 heterocycles. The molecule has 0 fully saturated rings. The summed E-state index contributed by atoms with van der Waals surface area (Å²) in [5, 5.41) is 3.48. The van der Waals surface area contributed by atoms with Gasteiger partial charge in [0, 0.05) is 12.1 Å². The molecule has 0 rings (SSSR count). The van der Waals surface area contributed by atoms with Crippen LogP contribution >= 0.6 is 0 Å². The van der Waals surface area contributed by atoms with Gasteiger partial charge in [-0.15, -0.1) is 0 Å². The fourth-order valence-electron chi connectivity index (χ4n) is 1.31. The molecule has 1 unspecified atom stereocenters. The van der Waals surface area contributed by atoms with Gasteiger partial charge in [0.05, 0.1) is 0 Å². The van der Waals surface area contributed by atoms with Crippen LogP contribution in [-0.2, 0) is 0 Å². The van der Waals surface area contributed by atoms with E-state index in [0.717, 1.165) is 6.42 Å². The number of hydrogen-bond donors (Lipinski definition) is 1. The molecule has 0 aliphatic rings. The van der Waals surface area contributed by atoms with Crippen LogP contribution in [0.1, 0.15) is 27.2 Å². The van der Waals surface area contributed by atoms with Crippen LogP contribution in [0.25, 0.3) is 0 Å². The average molecular weight is 179 g/mol. The van der Waals surface area contributed by atoms with Crippen molar-refractivity contribution >= 4 is 0 Å². The van der Waals surface area contributed by atoms with Gasteiger partial charge in [0.15, 0.2) is 0 Å². The van der Waals surface area contributed by atoms with Gasteiger partial charge in [-0.2, -0.15) is 0 Å². The van der Waals surface area contributed by atoms with Crippen molar-refractivity contribution in [2.75, 3.05) is 0 Å². The molecule has 1 N–H and O–H groups in total. The van der Waals surface area contributed by atoms with Crippen molar-refractivity contribution in [2.45, 2.75) is 39.3 Å². The molecule has 0 spiro atoms. The van der Waals surface area contributed by atoms with Crippen LogP contribution in [0.3, 0.4) is 0 Å².